The van der Waals surface area contributed by atoms with E-state index in [-0.39, 0.29) is 12.0 Å². The molecule has 19 heavy (non-hydrogen) atoms. The molecule has 1 heterocycles. The summed E-state index contributed by atoms with van der Waals surface area (Å²) in [7, 11) is 0. The number of carbonyl (C=O) groups is 1. The second-order valence-corrected chi connectivity index (χ2v) is 5.35. The SMILES string of the molecule is CC(C)(C)c1ccccc1-c1nnnn1CC(=O)O. The van der Waals surface area contributed by atoms with Gasteiger partial charge in [0.15, 0.2) is 5.82 Å². The Hall–Kier alpha value is -2.24. The molecule has 2 aromatic rings. The zero-order valence-electron chi connectivity index (χ0n) is 11.2. The third-order valence-electron chi connectivity index (χ3n) is 2.79. The number of aromatic nitrogens is 4. The highest BCUT2D eigenvalue weighted by molar-refractivity contribution is 5.68. The summed E-state index contributed by atoms with van der Waals surface area (Å²) in [5.41, 5.74) is 1.87. The Kier molecular flexibility index (Phi) is 3.33. The average molecular weight is 260 g/mol. The number of carboxylic acids is 1. The van der Waals surface area contributed by atoms with Gasteiger partial charge in [-0.25, -0.2) is 4.68 Å². The van der Waals surface area contributed by atoms with Crippen LogP contribution in [0.4, 0.5) is 0 Å². The number of hydrogen-bond donors (Lipinski definition) is 1. The molecular weight excluding hydrogens is 244 g/mol. The van der Waals surface area contributed by atoms with E-state index in [0.29, 0.717) is 5.82 Å². The van der Waals surface area contributed by atoms with E-state index in [1.54, 1.807) is 0 Å². The van der Waals surface area contributed by atoms with Crippen molar-refractivity contribution in [3.05, 3.63) is 29.8 Å². The zero-order valence-corrected chi connectivity index (χ0v) is 11.2. The Labute approximate surface area is 111 Å². The fourth-order valence-electron chi connectivity index (χ4n) is 1.96. The molecule has 0 amide bonds. The van der Waals surface area contributed by atoms with Crippen molar-refractivity contribution in [2.75, 3.05) is 0 Å². The first kappa shape index (κ1) is 13.2. The maximum absolute atomic E-state index is 10.8. The van der Waals surface area contributed by atoms with Crippen molar-refractivity contribution in [1.82, 2.24) is 20.2 Å². The van der Waals surface area contributed by atoms with Crippen molar-refractivity contribution < 1.29 is 9.90 Å². The molecule has 6 heteroatoms. The highest BCUT2D eigenvalue weighted by Crippen LogP contribution is 2.31. The third-order valence-corrected chi connectivity index (χ3v) is 2.79. The van der Waals surface area contributed by atoms with Gasteiger partial charge in [-0.3, -0.25) is 4.79 Å². The lowest BCUT2D eigenvalue weighted by molar-refractivity contribution is -0.137. The molecule has 0 aliphatic carbocycles. The molecule has 6 nitrogen and oxygen atoms in total. The Morgan fingerprint density at radius 3 is 2.63 bits per heavy atom. The van der Waals surface area contributed by atoms with Crippen LogP contribution in [0.5, 0.6) is 0 Å². The van der Waals surface area contributed by atoms with Gasteiger partial charge in [0.25, 0.3) is 0 Å². The van der Waals surface area contributed by atoms with Gasteiger partial charge in [-0.2, -0.15) is 0 Å². The number of benzene rings is 1. The molecule has 0 aliphatic heterocycles. The van der Waals surface area contributed by atoms with Gasteiger partial charge >= 0.3 is 5.97 Å². The average Bonchev–Trinajstić information content (AvgIpc) is 2.75. The quantitative estimate of drug-likeness (QED) is 0.908. The monoisotopic (exact) mass is 260 g/mol. The topological polar surface area (TPSA) is 80.9 Å². The van der Waals surface area contributed by atoms with Crippen LogP contribution in [0.3, 0.4) is 0 Å². The van der Waals surface area contributed by atoms with Gasteiger partial charge in [0.2, 0.25) is 0 Å². The Morgan fingerprint density at radius 1 is 1.32 bits per heavy atom. The molecule has 0 bridgehead atoms. The Morgan fingerprint density at radius 2 is 2.00 bits per heavy atom. The summed E-state index contributed by atoms with van der Waals surface area (Å²) in [4.78, 5) is 10.8. The van der Waals surface area contributed by atoms with Crippen LogP contribution < -0.4 is 0 Å². The Bertz CT molecular complexity index is 599. The molecule has 0 unspecified atom stereocenters. The molecule has 0 fully saturated rings. The minimum absolute atomic E-state index is 0.0728. The lowest BCUT2D eigenvalue weighted by Gasteiger charge is -2.22. The lowest BCUT2D eigenvalue weighted by Crippen LogP contribution is -2.16. The van der Waals surface area contributed by atoms with Gasteiger partial charge in [-0.1, -0.05) is 45.0 Å². The molecular formula is C13H16N4O2. The molecule has 0 atom stereocenters. The third kappa shape index (κ3) is 2.78. The summed E-state index contributed by atoms with van der Waals surface area (Å²) >= 11 is 0. The Balaban J connectivity index is 2.54. The molecule has 1 aromatic heterocycles. The smallest absolute Gasteiger partial charge is 0.325 e. The van der Waals surface area contributed by atoms with E-state index in [9.17, 15) is 4.79 Å². The van der Waals surface area contributed by atoms with Crippen molar-refractivity contribution in [1.29, 1.82) is 0 Å². The summed E-state index contributed by atoms with van der Waals surface area (Å²) in [6.45, 7) is 6.03. The van der Waals surface area contributed by atoms with Crippen LogP contribution in [-0.4, -0.2) is 31.3 Å². The van der Waals surface area contributed by atoms with E-state index in [1.165, 1.54) is 4.68 Å². The summed E-state index contributed by atoms with van der Waals surface area (Å²) in [5, 5.41) is 20.1. The standard InChI is InChI=1S/C13H16N4O2/c1-13(2,3)10-7-5-4-6-9(10)12-14-15-16-17(12)8-11(18)19/h4-7H,8H2,1-3H3,(H,18,19). The van der Waals surface area contributed by atoms with Gasteiger partial charge in [-0.15, -0.1) is 5.10 Å². The van der Waals surface area contributed by atoms with Crippen molar-refractivity contribution in [3.8, 4) is 11.4 Å². The molecule has 0 aliphatic rings. The second kappa shape index (κ2) is 4.79. The first-order chi connectivity index (χ1) is 8.89. The fraction of sp³-hybridized carbons (Fsp3) is 0.385. The van der Waals surface area contributed by atoms with E-state index in [4.69, 9.17) is 5.11 Å². The number of aliphatic carboxylic acids is 1. The minimum Gasteiger partial charge on any atom is -0.480 e. The van der Waals surface area contributed by atoms with E-state index in [1.807, 2.05) is 24.3 Å². The van der Waals surface area contributed by atoms with E-state index < -0.39 is 5.97 Å². The number of carboxylic acid groups (broad SMARTS) is 1. The second-order valence-electron chi connectivity index (χ2n) is 5.35. The molecule has 0 saturated carbocycles. The number of nitrogens with zero attached hydrogens (tertiary/aromatic N) is 4. The van der Waals surface area contributed by atoms with Crippen LogP contribution in [0.25, 0.3) is 11.4 Å². The van der Waals surface area contributed by atoms with Crippen molar-refractivity contribution in [2.24, 2.45) is 0 Å². The number of hydrogen-bond acceptors (Lipinski definition) is 4. The predicted octanol–water partition coefficient (Wildman–Crippen LogP) is 1.72. The predicted molar refractivity (Wildman–Crippen MR) is 69.6 cm³/mol. The molecule has 1 N–H and O–H groups in total. The summed E-state index contributed by atoms with van der Waals surface area (Å²) in [6.07, 6.45) is 0. The van der Waals surface area contributed by atoms with Gasteiger partial charge in [0.1, 0.15) is 6.54 Å². The zero-order chi connectivity index (χ0) is 14.0. The molecule has 2 rings (SSSR count). The van der Waals surface area contributed by atoms with Gasteiger partial charge in [0, 0.05) is 5.56 Å². The normalized spacial score (nSPS) is 11.5. The van der Waals surface area contributed by atoms with Crippen molar-refractivity contribution >= 4 is 5.97 Å². The van der Waals surface area contributed by atoms with Crippen LogP contribution >= 0.6 is 0 Å². The molecule has 0 saturated heterocycles. The van der Waals surface area contributed by atoms with Crippen LogP contribution in [0.1, 0.15) is 26.3 Å². The fourth-order valence-corrected chi connectivity index (χ4v) is 1.96. The highest BCUT2D eigenvalue weighted by atomic mass is 16.4. The largest absolute Gasteiger partial charge is 0.480 e. The van der Waals surface area contributed by atoms with Crippen molar-refractivity contribution in [3.63, 3.8) is 0 Å². The minimum atomic E-state index is -0.971. The maximum Gasteiger partial charge on any atom is 0.325 e. The van der Waals surface area contributed by atoms with E-state index >= 15 is 0 Å². The van der Waals surface area contributed by atoms with Gasteiger partial charge in [0.05, 0.1) is 0 Å². The number of tetrazole rings is 1. The lowest BCUT2D eigenvalue weighted by atomic mass is 9.83. The van der Waals surface area contributed by atoms with Crippen LogP contribution in [-0.2, 0) is 16.8 Å². The summed E-state index contributed by atoms with van der Waals surface area (Å²) in [6, 6.07) is 7.76. The van der Waals surface area contributed by atoms with Crippen LogP contribution in [0.2, 0.25) is 0 Å². The molecule has 100 valence electrons. The molecule has 0 radical (unpaired) electrons. The van der Waals surface area contributed by atoms with E-state index in [2.05, 4.69) is 36.3 Å². The van der Waals surface area contributed by atoms with Gasteiger partial charge in [-0.05, 0) is 21.4 Å². The highest BCUT2D eigenvalue weighted by Gasteiger charge is 2.21. The van der Waals surface area contributed by atoms with Crippen molar-refractivity contribution in [2.45, 2.75) is 32.7 Å². The molecule has 1 aromatic carbocycles. The summed E-state index contributed by atoms with van der Waals surface area (Å²) < 4.78 is 1.30. The maximum atomic E-state index is 10.8. The van der Waals surface area contributed by atoms with E-state index in [0.717, 1.165) is 11.1 Å². The number of rotatable bonds is 3. The van der Waals surface area contributed by atoms with Crippen LogP contribution in [0.15, 0.2) is 24.3 Å². The first-order valence-corrected chi connectivity index (χ1v) is 5.97. The summed E-state index contributed by atoms with van der Waals surface area (Å²) in [5.74, 6) is -0.491. The molecule has 0 spiro atoms. The van der Waals surface area contributed by atoms with Gasteiger partial charge < -0.3 is 5.11 Å². The van der Waals surface area contributed by atoms with Crippen LogP contribution in [0, 0.1) is 0 Å². The first-order valence-electron chi connectivity index (χ1n) is 5.97.